The van der Waals surface area contributed by atoms with Crippen molar-refractivity contribution in [2.45, 2.75) is 108 Å². The first-order valence-electron chi connectivity index (χ1n) is 18.5. The molecule has 2 unspecified atom stereocenters. The number of rotatable bonds is 5. The topological polar surface area (TPSA) is 110 Å². The zero-order valence-electron chi connectivity index (χ0n) is 31.7. The van der Waals surface area contributed by atoms with Gasteiger partial charge in [-0.15, -0.1) is 5.54 Å². The third-order valence-electron chi connectivity index (χ3n) is 10.6. The second-order valence-electron chi connectivity index (χ2n) is 17.1. The number of aromatic nitrogens is 3. The molecule has 55 heavy (non-hydrogen) atoms. The minimum absolute atomic E-state index is 0.0339. The lowest BCUT2D eigenvalue weighted by Gasteiger charge is -2.42. The van der Waals surface area contributed by atoms with E-state index in [1.54, 1.807) is 25.7 Å². The fourth-order valence-electron chi connectivity index (χ4n) is 8.41. The number of benzene rings is 1. The molecule has 2 bridgehead atoms. The maximum Gasteiger partial charge on any atom is 0.419 e. The zero-order chi connectivity index (χ0) is 39.8. The number of alkyl halides is 4. The van der Waals surface area contributed by atoms with Crippen molar-refractivity contribution in [1.29, 1.82) is 0 Å². The second-order valence-corrected chi connectivity index (χ2v) is 22.3. The van der Waals surface area contributed by atoms with E-state index in [2.05, 4.69) is 26.3 Å². The molecule has 2 aromatic heterocycles. The van der Waals surface area contributed by atoms with Crippen LogP contribution in [0.1, 0.15) is 64.0 Å². The van der Waals surface area contributed by atoms with E-state index in [0.717, 1.165) is 12.5 Å². The molecule has 4 fully saturated rings. The van der Waals surface area contributed by atoms with Crippen molar-refractivity contribution in [1.82, 2.24) is 24.8 Å². The fourth-order valence-corrected chi connectivity index (χ4v) is 9.20. The van der Waals surface area contributed by atoms with Crippen LogP contribution in [0.2, 0.25) is 24.7 Å². The molecule has 296 valence electrons. The van der Waals surface area contributed by atoms with Gasteiger partial charge in [0.2, 0.25) is 0 Å². The van der Waals surface area contributed by atoms with E-state index in [4.69, 9.17) is 31.8 Å². The lowest BCUT2D eigenvalue weighted by molar-refractivity contribution is -0.137. The Hall–Kier alpha value is -3.94. The second kappa shape index (κ2) is 13.9. The summed E-state index contributed by atoms with van der Waals surface area (Å²) in [5, 5.41) is -0.239. The summed E-state index contributed by atoms with van der Waals surface area (Å²) in [5.74, 6) is 1.40. The van der Waals surface area contributed by atoms with E-state index in [1.165, 1.54) is 6.07 Å². The predicted octanol–water partition coefficient (Wildman–Crippen LogP) is 7.86. The number of pyridine rings is 1. The van der Waals surface area contributed by atoms with Gasteiger partial charge in [-0.2, -0.15) is 23.1 Å². The van der Waals surface area contributed by atoms with Crippen LogP contribution in [0.15, 0.2) is 12.1 Å². The molecule has 3 aromatic rings. The normalized spacial score (nSPS) is 24.3. The first-order chi connectivity index (χ1) is 25.6. The Bertz CT molecular complexity index is 2090. The Morgan fingerprint density at radius 2 is 1.78 bits per heavy atom. The number of nitrogens with zero attached hydrogens (tertiary/aromatic N) is 6. The maximum absolute atomic E-state index is 17.2. The lowest BCUT2D eigenvalue weighted by atomic mass is 9.95. The summed E-state index contributed by atoms with van der Waals surface area (Å²) < 4.78 is 88.5. The van der Waals surface area contributed by atoms with Crippen LogP contribution in [0.5, 0.6) is 6.01 Å². The largest absolute Gasteiger partial charge is 0.461 e. The Balaban J connectivity index is 1.36. The number of halogens is 6. The molecule has 2 N–H and O–H groups in total. The standard InChI is InChI=1S/C38H45ClF5N7O3Si/c1-36(2,3)54-35(52)51-23-8-9-24(51)19-49(18-23)33-25-15-26(39)28(32-29(38(42,43)44)21(14-27(45)46-32)10-13-55(4,5)6)30(41)31(25)47-34(48-33)53-20-37-11-7-12-50(37)17-22(40)16-37/h14-15,22-24H,7-9,11-12,16-20H2,1-6H3,(H2,45,46)/t22-,23?,24?,37+/m1/s1. The highest BCUT2D eigenvalue weighted by Gasteiger charge is 2.50. The smallest absolute Gasteiger partial charge is 0.419 e. The average molecular weight is 806 g/mol. The van der Waals surface area contributed by atoms with Gasteiger partial charge >= 0.3 is 18.3 Å². The first-order valence-corrected chi connectivity index (χ1v) is 22.4. The van der Waals surface area contributed by atoms with Crippen LogP contribution >= 0.6 is 11.6 Å². The van der Waals surface area contributed by atoms with Crippen LogP contribution in [0.4, 0.5) is 38.4 Å². The molecule has 7 rings (SSSR count). The molecule has 1 aromatic carbocycles. The van der Waals surface area contributed by atoms with Gasteiger partial charge in [0.1, 0.15) is 43.6 Å². The van der Waals surface area contributed by atoms with Crippen LogP contribution < -0.4 is 15.4 Å². The Kier molecular flexibility index (Phi) is 9.94. The van der Waals surface area contributed by atoms with Gasteiger partial charge in [0, 0.05) is 37.0 Å². The first kappa shape index (κ1) is 39.3. The quantitative estimate of drug-likeness (QED) is 0.157. The lowest BCUT2D eigenvalue weighted by Crippen LogP contribution is -2.57. The average Bonchev–Trinajstić information content (AvgIpc) is 3.67. The van der Waals surface area contributed by atoms with Crippen molar-refractivity contribution >= 4 is 48.3 Å². The van der Waals surface area contributed by atoms with E-state index in [1.807, 2.05) is 24.5 Å². The Morgan fingerprint density at radius 1 is 1.09 bits per heavy atom. The molecule has 0 saturated carbocycles. The molecule has 6 heterocycles. The van der Waals surface area contributed by atoms with Crippen molar-refractivity contribution in [3.8, 4) is 28.7 Å². The molecule has 1 amide bonds. The highest BCUT2D eigenvalue weighted by molar-refractivity contribution is 6.83. The summed E-state index contributed by atoms with van der Waals surface area (Å²) in [6.07, 6.45) is -3.25. The SMILES string of the molecule is CC(C)(C)OC(=O)N1C2CCC1CN(c1nc(OC[C@@]34CCCN3C[C@H](F)C4)nc3c(F)c(-c4nc(N)cc(C#C[Si](C)(C)C)c4C(F)(F)F)c(Cl)cc13)C2. The minimum atomic E-state index is -5.01. The van der Waals surface area contributed by atoms with Crippen molar-refractivity contribution in [2.75, 3.05) is 43.4 Å². The minimum Gasteiger partial charge on any atom is -0.461 e. The molecule has 17 heteroatoms. The number of piperazine rings is 1. The van der Waals surface area contributed by atoms with Crippen LogP contribution in [-0.2, 0) is 10.9 Å². The number of hydrogen-bond donors (Lipinski definition) is 1. The van der Waals surface area contributed by atoms with E-state index < -0.39 is 65.9 Å². The number of carbonyl (C=O) groups excluding carboxylic acids is 1. The fraction of sp³-hybridized carbons (Fsp3) is 0.579. The van der Waals surface area contributed by atoms with Gasteiger partial charge in [-0.25, -0.2) is 18.6 Å². The van der Waals surface area contributed by atoms with Gasteiger partial charge in [0.25, 0.3) is 0 Å². The number of hydrogen-bond acceptors (Lipinski definition) is 9. The molecule has 0 radical (unpaired) electrons. The number of nitrogens with two attached hydrogens (primary N) is 1. The van der Waals surface area contributed by atoms with Crippen LogP contribution in [0.3, 0.4) is 0 Å². The van der Waals surface area contributed by atoms with Crippen LogP contribution in [0, 0.1) is 17.3 Å². The summed E-state index contributed by atoms with van der Waals surface area (Å²) in [6.45, 7) is 12.7. The summed E-state index contributed by atoms with van der Waals surface area (Å²) in [4.78, 5) is 32.1. The number of anilines is 2. The summed E-state index contributed by atoms with van der Waals surface area (Å²) in [5.41, 5.74) is 4.17. The van der Waals surface area contributed by atoms with Crippen molar-refractivity contribution < 1.29 is 36.2 Å². The van der Waals surface area contributed by atoms with Gasteiger partial charge in [-0.3, -0.25) is 9.80 Å². The van der Waals surface area contributed by atoms with Gasteiger partial charge < -0.3 is 20.1 Å². The number of ether oxygens (including phenoxy) is 2. The van der Waals surface area contributed by atoms with Crippen LogP contribution in [0.25, 0.3) is 22.2 Å². The summed E-state index contributed by atoms with van der Waals surface area (Å²) in [6, 6.07) is 1.63. The van der Waals surface area contributed by atoms with Gasteiger partial charge in [-0.1, -0.05) is 37.2 Å². The van der Waals surface area contributed by atoms with Gasteiger partial charge in [-0.05, 0) is 65.1 Å². The van der Waals surface area contributed by atoms with E-state index in [-0.39, 0.29) is 65.2 Å². The van der Waals surface area contributed by atoms with Crippen molar-refractivity contribution in [3.05, 3.63) is 34.1 Å². The predicted molar refractivity (Wildman–Crippen MR) is 203 cm³/mol. The van der Waals surface area contributed by atoms with Crippen molar-refractivity contribution in [3.63, 3.8) is 0 Å². The Morgan fingerprint density at radius 3 is 2.42 bits per heavy atom. The van der Waals surface area contributed by atoms with Crippen LogP contribution in [-0.4, -0.2) is 101 Å². The maximum atomic E-state index is 17.2. The molecule has 0 spiro atoms. The molecule has 4 saturated heterocycles. The van der Waals surface area contributed by atoms with E-state index in [0.29, 0.717) is 38.9 Å². The summed E-state index contributed by atoms with van der Waals surface area (Å²) >= 11 is 6.75. The molecule has 10 nitrogen and oxygen atoms in total. The highest BCUT2D eigenvalue weighted by Crippen LogP contribution is 2.46. The number of amides is 1. The van der Waals surface area contributed by atoms with Gasteiger partial charge in [0.05, 0.1) is 39.5 Å². The third-order valence-corrected chi connectivity index (χ3v) is 11.8. The van der Waals surface area contributed by atoms with E-state index in [9.17, 15) is 22.4 Å². The number of fused-ring (bicyclic) bond motifs is 4. The van der Waals surface area contributed by atoms with Crippen molar-refractivity contribution in [2.24, 2.45) is 0 Å². The zero-order valence-corrected chi connectivity index (χ0v) is 33.5. The third kappa shape index (κ3) is 7.76. The van der Waals surface area contributed by atoms with Gasteiger partial charge in [0.15, 0.2) is 5.82 Å². The number of nitrogen functional groups attached to an aromatic ring is 1. The highest BCUT2D eigenvalue weighted by atomic mass is 35.5. The molecule has 4 aliphatic heterocycles. The molecular weight excluding hydrogens is 761 g/mol. The molecular formula is C38H45ClF5N7O3Si. The molecule has 4 atom stereocenters. The molecule has 4 aliphatic rings. The Labute approximate surface area is 322 Å². The monoisotopic (exact) mass is 805 g/mol. The molecule has 0 aliphatic carbocycles. The summed E-state index contributed by atoms with van der Waals surface area (Å²) in [7, 11) is -2.16. The number of carbonyl (C=O) groups is 1. The van der Waals surface area contributed by atoms with E-state index >= 15 is 4.39 Å².